The fourth-order valence-electron chi connectivity index (χ4n) is 2.28. The smallest absolute Gasteiger partial charge is 0.258 e. The van der Waals surface area contributed by atoms with E-state index < -0.39 is 38.9 Å². The molecule has 3 aromatic rings. The normalized spacial score (nSPS) is 11.4. The quantitative estimate of drug-likeness (QED) is 0.610. The number of rotatable bonds is 6. The molecule has 0 aliphatic rings. The second kappa shape index (κ2) is 7.87. The number of hydrogen-bond donors (Lipinski definition) is 2. The maximum Gasteiger partial charge on any atom is 0.258 e. The molecule has 0 saturated carbocycles. The summed E-state index contributed by atoms with van der Waals surface area (Å²) >= 11 is 0. The molecule has 0 radical (unpaired) electrons. The van der Waals surface area contributed by atoms with Crippen molar-refractivity contribution in [3.63, 3.8) is 0 Å². The third kappa shape index (κ3) is 4.24. The zero-order valence-electron chi connectivity index (χ0n) is 14.1. The summed E-state index contributed by atoms with van der Waals surface area (Å²) in [4.78, 5) is 12.0. The molecule has 0 spiro atoms. The highest BCUT2D eigenvalue weighted by Gasteiger charge is 2.19. The first-order valence-corrected chi connectivity index (χ1v) is 9.33. The lowest BCUT2D eigenvalue weighted by Crippen LogP contribution is -2.23. The minimum absolute atomic E-state index is 0.0385. The molecule has 0 fully saturated rings. The number of hydrogen-bond acceptors (Lipinski definition) is 4. The van der Waals surface area contributed by atoms with E-state index in [1.165, 1.54) is 30.5 Å². The van der Waals surface area contributed by atoms with Gasteiger partial charge in [0.1, 0.15) is 5.76 Å². The summed E-state index contributed by atoms with van der Waals surface area (Å²) < 4.78 is 71.7. The Balaban J connectivity index is 1.70. The van der Waals surface area contributed by atoms with Crippen molar-refractivity contribution in [3.05, 3.63) is 83.6 Å². The van der Waals surface area contributed by atoms with Crippen molar-refractivity contribution in [2.45, 2.75) is 11.4 Å². The van der Waals surface area contributed by atoms with Crippen LogP contribution in [0.2, 0.25) is 0 Å². The zero-order chi connectivity index (χ0) is 20.3. The lowest BCUT2D eigenvalue weighted by molar-refractivity contribution is 0.102. The van der Waals surface area contributed by atoms with Gasteiger partial charge >= 0.3 is 0 Å². The summed E-state index contributed by atoms with van der Waals surface area (Å²) in [5.41, 5.74) is -0.546. The summed E-state index contributed by atoms with van der Waals surface area (Å²) in [7, 11) is -3.82. The number of amides is 1. The number of carbonyl (C=O) groups is 1. The van der Waals surface area contributed by atoms with E-state index in [4.69, 9.17) is 4.42 Å². The van der Waals surface area contributed by atoms with Gasteiger partial charge in [-0.2, -0.15) is 0 Å². The average molecular weight is 410 g/mol. The lowest BCUT2D eigenvalue weighted by Gasteiger charge is -2.09. The second-order valence-electron chi connectivity index (χ2n) is 5.61. The second-order valence-corrected chi connectivity index (χ2v) is 7.37. The van der Waals surface area contributed by atoms with E-state index in [1.807, 2.05) is 0 Å². The van der Waals surface area contributed by atoms with Crippen LogP contribution in [0.4, 0.5) is 18.9 Å². The largest absolute Gasteiger partial charge is 0.468 e. The molecule has 1 amide bonds. The first kappa shape index (κ1) is 19.6. The number of benzene rings is 2. The Morgan fingerprint density at radius 2 is 1.68 bits per heavy atom. The Morgan fingerprint density at radius 1 is 0.964 bits per heavy atom. The Hall–Kier alpha value is -3.11. The van der Waals surface area contributed by atoms with Gasteiger partial charge in [-0.3, -0.25) is 4.79 Å². The number of nitrogens with one attached hydrogen (secondary N) is 2. The molecule has 2 aromatic carbocycles. The summed E-state index contributed by atoms with van der Waals surface area (Å²) in [5, 5.41) is 2.28. The molecular formula is C18H13F3N2O4S. The molecule has 1 heterocycles. The average Bonchev–Trinajstić information content (AvgIpc) is 3.19. The number of anilines is 1. The molecule has 10 heteroatoms. The highest BCUT2D eigenvalue weighted by atomic mass is 32.2. The van der Waals surface area contributed by atoms with Crippen molar-refractivity contribution in [1.29, 1.82) is 0 Å². The van der Waals surface area contributed by atoms with Crippen LogP contribution in [0.3, 0.4) is 0 Å². The van der Waals surface area contributed by atoms with Crippen molar-refractivity contribution < 1.29 is 30.8 Å². The Bertz CT molecular complexity index is 1100. The van der Waals surface area contributed by atoms with Crippen LogP contribution in [0.1, 0.15) is 16.1 Å². The van der Waals surface area contributed by atoms with Crippen molar-refractivity contribution in [1.82, 2.24) is 4.72 Å². The third-order valence-electron chi connectivity index (χ3n) is 3.72. The Morgan fingerprint density at radius 3 is 2.32 bits per heavy atom. The van der Waals surface area contributed by atoms with Crippen LogP contribution in [0.15, 0.2) is 64.1 Å². The topological polar surface area (TPSA) is 88.4 Å². The van der Waals surface area contributed by atoms with Gasteiger partial charge in [-0.15, -0.1) is 0 Å². The van der Waals surface area contributed by atoms with E-state index in [0.29, 0.717) is 11.8 Å². The van der Waals surface area contributed by atoms with E-state index in [1.54, 1.807) is 12.1 Å². The van der Waals surface area contributed by atoms with Gasteiger partial charge in [-0.25, -0.2) is 26.3 Å². The predicted molar refractivity (Wildman–Crippen MR) is 93.4 cm³/mol. The molecule has 28 heavy (non-hydrogen) atoms. The Labute approximate surface area is 158 Å². The lowest BCUT2D eigenvalue weighted by atomic mass is 10.1. The first-order chi connectivity index (χ1) is 13.3. The van der Waals surface area contributed by atoms with Gasteiger partial charge in [-0.05, 0) is 48.5 Å². The molecule has 0 bridgehead atoms. The molecular weight excluding hydrogens is 397 g/mol. The number of carbonyl (C=O) groups excluding carboxylic acids is 1. The number of sulfonamides is 1. The molecule has 146 valence electrons. The van der Waals surface area contributed by atoms with Gasteiger partial charge in [0, 0.05) is 5.69 Å². The monoisotopic (exact) mass is 410 g/mol. The van der Waals surface area contributed by atoms with Crippen molar-refractivity contribution in [3.8, 4) is 0 Å². The third-order valence-corrected chi connectivity index (χ3v) is 5.14. The fourth-order valence-corrected chi connectivity index (χ4v) is 3.27. The van der Waals surface area contributed by atoms with Gasteiger partial charge < -0.3 is 9.73 Å². The van der Waals surface area contributed by atoms with Crippen LogP contribution >= 0.6 is 0 Å². The minimum atomic E-state index is -3.82. The Kier molecular flexibility index (Phi) is 5.52. The van der Waals surface area contributed by atoms with Gasteiger partial charge in [0.05, 0.1) is 23.3 Å². The van der Waals surface area contributed by atoms with E-state index in [2.05, 4.69) is 10.0 Å². The molecule has 2 N–H and O–H groups in total. The van der Waals surface area contributed by atoms with Crippen LogP contribution in [0.5, 0.6) is 0 Å². The van der Waals surface area contributed by atoms with E-state index in [0.717, 1.165) is 6.07 Å². The van der Waals surface area contributed by atoms with Gasteiger partial charge in [-0.1, -0.05) is 0 Å². The maximum absolute atomic E-state index is 13.7. The summed E-state index contributed by atoms with van der Waals surface area (Å²) in [6, 6.07) is 9.67. The van der Waals surface area contributed by atoms with Crippen LogP contribution in [0.25, 0.3) is 0 Å². The van der Waals surface area contributed by atoms with Crippen LogP contribution in [-0.4, -0.2) is 14.3 Å². The van der Waals surface area contributed by atoms with Crippen molar-refractivity contribution in [2.24, 2.45) is 0 Å². The first-order valence-electron chi connectivity index (χ1n) is 7.85. The molecule has 1 aromatic heterocycles. The highest BCUT2D eigenvalue weighted by molar-refractivity contribution is 7.89. The number of furan rings is 1. The number of halogens is 3. The van der Waals surface area contributed by atoms with Gasteiger partial charge in [0.15, 0.2) is 17.5 Å². The van der Waals surface area contributed by atoms with Crippen LogP contribution in [0, 0.1) is 17.5 Å². The van der Waals surface area contributed by atoms with Crippen molar-refractivity contribution >= 4 is 21.6 Å². The van der Waals surface area contributed by atoms with E-state index in [-0.39, 0.29) is 17.1 Å². The molecule has 0 unspecified atom stereocenters. The van der Waals surface area contributed by atoms with E-state index >= 15 is 0 Å². The standard InChI is InChI=1S/C18H13F3N2O4S/c19-15-8-7-14(16(20)17(15)21)18(24)23-11-3-5-13(6-4-11)28(25,26)22-10-12-2-1-9-27-12/h1-9,22H,10H2,(H,23,24). The predicted octanol–water partition coefficient (Wildman–Crippen LogP) is 3.43. The summed E-state index contributed by atoms with van der Waals surface area (Å²) in [5.74, 6) is -5.36. The van der Waals surface area contributed by atoms with E-state index in [9.17, 15) is 26.4 Å². The minimum Gasteiger partial charge on any atom is -0.468 e. The molecule has 3 rings (SSSR count). The SMILES string of the molecule is O=C(Nc1ccc(S(=O)(=O)NCc2ccco2)cc1)c1ccc(F)c(F)c1F. The zero-order valence-corrected chi connectivity index (χ0v) is 14.9. The van der Waals surface area contributed by atoms with Crippen LogP contribution < -0.4 is 10.0 Å². The van der Waals surface area contributed by atoms with Gasteiger partial charge in [0.25, 0.3) is 5.91 Å². The molecule has 0 aliphatic heterocycles. The van der Waals surface area contributed by atoms with Gasteiger partial charge in [0.2, 0.25) is 10.0 Å². The van der Waals surface area contributed by atoms with Crippen LogP contribution in [-0.2, 0) is 16.6 Å². The fraction of sp³-hybridized carbons (Fsp3) is 0.0556. The molecule has 0 atom stereocenters. The maximum atomic E-state index is 13.7. The molecule has 0 saturated heterocycles. The molecule has 6 nitrogen and oxygen atoms in total. The summed E-state index contributed by atoms with van der Waals surface area (Å²) in [6.45, 7) is -0.0385. The van der Waals surface area contributed by atoms with Crippen molar-refractivity contribution in [2.75, 3.05) is 5.32 Å². The molecule has 0 aliphatic carbocycles. The highest BCUT2D eigenvalue weighted by Crippen LogP contribution is 2.19. The summed E-state index contributed by atoms with van der Waals surface area (Å²) in [6.07, 6.45) is 1.41.